The smallest absolute Gasteiger partial charge is 0.164 e. The maximum absolute atomic E-state index is 11.7. The minimum absolute atomic E-state index is 0.304. The van der Waals surface area contributed by atoms with E-state index in [-0.39, 0.29) is 0 Å². The number of nitrogens with zero attached hydrogens (tertiary/aromatic N) is 1. The minimum atomic E-state index is 0.304. The van der Waals surface area contributed by atoms with Gasteiger partial charge in [0, 0.05) is 34.1 Å². The van der Waals surface area contributed by atoms with Gasteiger partial charge in [0.15, 0.2) is 5.78 Å². The van der Waals surface area contributed by atoms with Gasteiger partial charge in [-0.1, -0.05) is 0 Å². The maximum atomic E-state index is 11.7. The number of aryl methyl sites for hydroxylation is 1. The van der Waals surface area contributed by atoms with E-state index < -0.39 is 0 Å². The first kappa shape index (κ1) is 9.73. The quantitative estimate of drug-likeness (QED) is 0.750. The van der Waals surface area contributed by atoms with Crippen molar-refractivity contribution >= 4 is 17.1 Å². The number of carbonyl (C=O) groups is 1. The van der Waals surface area contributed by atoms with Gasteiger partial charge < -0.3 is 0 Å². The molecule has 2 nitrogen and oxygen atoms in total. The molecule has 0 radical (unpaired) electrons. The van der Waals surface area contributed by atoms with Crippen LogP contribution < -0.4 is 0 Å². The number of thiophene rings is 1. The monoisotopic (exact) mass is 229 g/mol. The zero-order valence-corrected chi connectivity index (χ0v) is 9.59. The van der Waals surface area contributed by atoms with Crippen LogP contribution in [0.25, 0.3) is 10.4 Å². The Kier molecular flexibility index (Phi) is 2.33. The topological polar surface area (TPSA) is 30.0 Å². The molecular formula is C13H11NOS. The number of hydrogen-bond donors (Lipinski definition) is 0. The van der Waals surface area contributed by atoms with E-state index in [4.69, 9.17) is 0 Å². The highest BCUT2D eigenvalue weighted by Crippen LogP contribution is 2.35. The van der Waals surface area contributed by atoms with Crippen LogP contribution in [0.15, 0.2) is 30.6 Å². The molecule has 0 N–H and O–H groups in total. The fourth-order valence-electron chi connectivity index (χ4n) is 2.05. The van der Waals surface area contributed by atoms with E-state index in [0.29, 0.717) is 12.2 Å². The van der Waals surface area contributed by atoms with Crippen molar-refractivity contribution in [1.82, 2.24) is 4.98 Å². The van der Waals surface area contributed by atoms with Gasteiger partial charge in [0.05, 0.1) is 0 Å². The Balaban J connectivity index is 2.08. The Hall–Kier alpha value is -1.48. The largest absolute Gasteiger partial charge is 0.294 e. The van der Waals surface area contributed by atoms with E-state index in [1.807, 2.05) is 18.2 Å². The Morgan fingerprint density at radius 1 is 1.19 bits per heavy atom. The Morgan fingerprint density at radius 3 is 2.75 bits per heavy atom. The molecule has 0 amide bonds. The number of hydrogen-bond acceptors (Lipinski definition) is 3. The molecule has 0 saturated heterocycles. The minimum Gasteiger partial charge on any atom is -0.294 e. The number of fused-ring (bicyclic) bond motifs is 1. The van der Waals surface area contributed by atoms with Crippen molar-refractivity contribution in [2.24, 2.45) is 0 Å². The fraction of sp³-hybridized carbons (Fsp3) is 0.231. The summed E-state index contributed by atoms with van der Waals surface area (Å²) in [5.74, 6) is 0.304. The average molecular weight is 229 g/mol. The predicted molar refractivity (Wildman–Crippen MR) is 64.8 cm³/mol. The lowest BCUT2D eigenvalue weighted by molar-refractivity contribution is 0.0973. The third kappa shape index (κ3) is 1.57. The van der Waals surface area contributed by atoms with Crippen LogP contribution in [0.1, 0.15) is 28.1 Å². The summed E-state index contributed by atoms with van der Waals surface area (Å²) in [6.07, 6.45) is 6.34. The molecule has 0 aromatic carbocycles. The molecule has 1 aliphatic rings. The molecule has 3 rings (SSSR count). The molecule has 80 valence electrons. The highest BCUT2D eigenvalue weighted by molar-refractivity contribution is 7.15. The number of pyridine rings is 1. The molecule has 0 atom stereocenters. The Bertz CT molecular complexity index is 530. The van der Waals surface area contributed by atoms with Crippen molar-refractivity contribution in [2.75, 3.05) is 0 Å². The first-order valence-electron chi connectivity index (χ1n) is 5.41. The summed E-state index contributed by atoms with van der Waals surface area (Å²) in [4.78, 5) is 18.2. The van der Waals surface area contributed by atoms with Crippen LogP contribution in [0, 0.1) is 0 Å². The van der Waals surface area contributed by atoms with E-state index in [1.54, 1.807) is 23.7 Å². The summed E-state index contributed by atoms with van der Waals surface area (Å²) in [6.45, 7) is 0. The van der Waals surface area contributed by atoms with Gasteiger partial charge in [0.25, 0.3) is 0 Å². The van der Waals surface area contributed by atoms with Crippen molar-refractivity contribution in [1.29, 1.82) is 0 Å². The van der Waals surface area contributed by atoms with E-state index in [0.717, 1.165) is 24.0 Å². The van der Waals surface area contributed by atoms with Crippen molar-refractivity contribution in [2.45, 2.75) is 19.3 Å². The molecule has 0 unspecified atom stereocenters. The summed E-state index contributed by atoms with van der Waals surface area (Å²) in [5.41, 5.74) is 2.10. The number of rotatable bonds is 1. The molecule has 0 saturated carbocycles. The van der Waals surface area contributed by atoms with Gasteiger partial charge in [0.1, 0.15) is 0 Å². The fourth-order valence-corrected chi connectivity index (χ4v) is 3.28. The number of Topliss-reactive ketones (excluding diaryl/α,β-unsaturated/α-hetero) is 1. The molecule has 3 heteroatoms. The summed E-state index contributed by atoms with van der Waals surface area (Å²) in [5, 5.41) is 0. The molecule has 0 fully saturated rings. The number of carbonyl (C=O) groups excluding carboxylic acids is 1. The van der Waals surface area contributed by atoms with Crippen LogP contribution >= 0.6 is 11.3 Å². The molecule has 2 aromatic heterocycles. The lowest BCUT2D eigenvalue weighted by Gasteiger charge is -2.07. The second kappa shape index (κ2) is 3.83. The standard InChI is InChI=1S/C13H11NOS/c15-11-2-1-3-12-10(11)8-13(16-12)9-4-6-14-7-5-9/h4-8H,1-3H2. The number of aromatic nitrogens is 1. The third-order valence-corrected chi connectivity index (χ3v) is 4.13. The van der Waals surface area contributed by atoms with Gasteiger partial charge in [-0.3, -0.25) is 9.78 Å². The summed E-state index contributed by atoms with van der Waals surface area (Å²) in [7, 11) is 0. The zero-order chi connectivity index (χ0) is 11.0. The van der Waals surface area contributed by atoms with Crippen LogP contribution in [0.2, 0.25) is 0 Å². The van der Waals surface area contributed by atoms with Crippen molar-refractivity contribution in [3.8, 4) is 10.4 Å². The summed E-state index contributed by atoms with van der Waals surface area (Å²) >= 11 is 1.74. The van der Waals surface area contributed by atoms with Gasteiger partial charge in [0.2, 0.25) is 0 Å². The van der Waals surface area contributed by atoms with Gasteiger partial charge >= 0.3 is 0 Å². The van der Waals surface area contributed by atoms with Gasteiger partial charge in [-0.2, -0.15) is 0 Å². The van der Waals surface area contributed by atoms with E-state index in [9.17, 15) is 4.79 Å². The van der Waals surface area contributed by atoms with Crippen LogP contribution in [0.5, 0.6) is 0 Å². The van der Waals surface area contributed by atoms with Crippen LogP contribution in [0.4, 0.5) is 0 Å². The maximum Gasteiger partial charge on any atom is 0.164 e. The molecule has 0 spiro atoms. The molecular weight excluding hydrogens is 218 g/mol. The molecule has 0 aliphatic heterocycles. The van der Waals surface area contributed by atoms with E-state index >= 15 is 0 Å². The van der Waals surface area contributed by atoms with Gasteiger partial charge in [-0.15, -0.1) is 11.3 Å². The Morgan fingerprint density at radius 2 is 2.00 bits per heavy atom. The number of ketones is 1. The van der Waals surface area contributed by atoms with Crippen molar-refractivity contribution in [3.63, 3.8) is 0 Å². The molecule has 2 aromatic rings. The first-order valence-corrected chi connectivity index (χ1v) is 6.22. The summed E-state index contributed by atoms with van der Waals surface area (Å²) in [6, 6.07) is 6.01. The normalized spacial score (nSPS) is 14.9. The highest BCUT2D eigenvalue weighted by Gasteiger charge is 2.20. The van der Waals surface area contributed by atoms with Gasteiger partial charge in [-0.05, 0) is 36.6 Å². The first-order chi connectivity index (χ1) is 7.84. The van der Waals surface area contributed by atoms with E-state index in [2.05, 4.69) is 4.98 Å². The van der Waals surface area contributed by atoms with Crippen molar-refractivity contribution in [3.05, 3.63) is 41.0 Å². The zero-order valence-electron chi connectivity index (χ0n) is 8.77. The lowest BCUT2D eigenvalue weighted by Crippen LogP contribution is -2.06. The van der Waals surface area contributed by atoms with Crippen LogP contribution in [-0.4, -0.2) is 10.8 Å². The lowest BCUT2D eigenvalue weighted by atomic mass is 9.97. The van der Waals surface area contributed by atoms with Gasteiger partial charge in [-0.25, -0.2) is 0 Å². The molecule has 1 aliphatic carbocycles. The highest BCUT2D eigenvalue weighted by atomic mass is 32.1. The molecule has 0 bridgehead atoms. The molecule has 2 heterocycles. The van der Waals surface area contributed by atoms with E-state index in [1.165, 1.54) is 9.75 Å². The second-order valence-corrected chi connectivity index (χ2v) is 5.10. The molecule has 16 heavy (non-hydrogen) atoms. The van der Waals surface area contributed by atoms with Crippen LogP contribution in [-0.2, 0) is 6.42 Å². The second-order valence-electron chi connectivity index (χ2n) is 3.96. The predicted octanol–water partition coefficient (Wildman–Crippen LogP) is 3.33. The van der Waals surface area contributed by atoms with Crippen LogP contribution in [0.3, 0.4) is 0 Å². The summed E-state index contributed by atoms with van der Waals surface area (Å²) < 4.78 is 0. The third-order valence-electron chi connectivity index (χ3n) is 2.88. The van der Waals surface area contributed by atoms with Crippen molar-refractivity contribution < 1.29 is 4.79 Å². The SMILES string of the molecule is O=C1CCCc2sc(-c3ccncc3)cc21. The average Bonchev–Trinajstić information content (AvgIpc) is 2.76. The Labute approximate surface area is 98.0 Å².